The first-order valence-electron chi connectivity index (χ1n) is 7.46. The van der Waals surface area contributed by atoms with Crippen molar-refractivity contribution in [2.75, 3.05) is 20.2 Å². The summed E-state index contributed by atoms with van der Waals surface area (Å²) in [5.41, 5.74) is 1.66. The molecular weight excluding hydrogens is 268 g/mol. The number of likely N-dealkylation sites (tertiary alicyclic amines) is 1. The summed E-state index contributed by atoms with van der Waals surface area (Å²) < 4.78 is 5.44. The summed E-state index contributed by atoms with van der Waals surface area (Å²) >= 11 is 1.92. The monoisotopic (exact) mass is 296 g/mol. The molecule has 1 N–H and O–H groups in total. The van der Waals surface area contributed by atoms with Gasteiger partial charge in [-0.25, -0.2) is 0 Å². The van der Waals surface area contributed by atoms with Crippen molar-refractivity contribution in [3.8, 4) is 0 Å². The second-order valence-electron chi connectivity index (χ2n) is 6.78. The lowest BCUT2D eigenvalue weighted by Gasteiger charge is -2.19. The van der Waals surface area contributed by atoms with Gasteiger partial charge in [-0.2, -0.15) is 0 Å². The van der Waals surface area contributed by atoms with Crippen molar-refractivity contribution in [2.24, 2.45) is 0 Å². The molecule has 0 spiro atoms. The van der Waals surface area contributed by atoms with E-state index in [-0.39, 0.29) is 5.54 Å². The number of nitrogens with zero attached hydrogens (tertiary/aromatic N) is 1. The molecule has 20 heavy (non-hydrogen) atoms. The average molecular weight is 296 g/mol. The van der Waals surface area contributed by atoms with Crippen molar-refractivity contribution in [3.63, 3.8) is 0 Å². The number of hydrogen-bond donors (Lipinski definition) is 1. The fourth-order valence-electron chi connectivity index (χ4n) is 2.56. The Kier molecular flexibility index (Phi) is 5.24. The van der Waals surface area contributed by atoms with E-state index in [4.69, 9.17) is 4.74 Å². The van der Waals surface area contributed by atoms with Gasteiger partial charge in [-0.1, -0.05) is 0 Å². The largest absolute Gasteiger partial charge is 0.380 e. The molecule has 1 aliphatic rings. The highest BCUT2D eigenvalue weighted by atomic mass is 32.1. The Balaban J connectivity index is 1.91. The molecule has 4 heteroatoms. The Labute approximate surface area is 127 Å². The molecule has 1 saturated heterocycles. The van der Waals surface area contributed by atoms with Gasteiger partial charge in [-0.15, -0.1) is 11.3 Å². The van der Waals surface area contributed by atoms with Crippen LogP contribution in [0.1, 0.15) is 42.5 Å². The molecule has 0 saturated carbocycles. The molecule has 0 bridgehead atoms. The number of ether oxygens (including phenoxy) is 1. The van der Waals surface area contributed by atoms with Crippen molar-refractivity contribution in [1.82, 2.24) is 10.2 Å². The Morgan fingerprint density at radius 2 is 2.20 bits per heavy atom. The zero-order chi connectivity index (χ0) is 14.8. The summed E-state index contributed by atoms with van der Waals surface area (Å²) in [5, 5.41) is 3.57. The molecule has 2 heterocycles. The van der Waals surface area contributed by atoms with Gasteiger partial charge in [0.15, 0.2) is 0 Å². The lowest BCUT2D eigenvalue weighted by molar-refractivity contribution is 0.107. The van der Waals surface area contributed by atoms with E-state index < -0.39 is 0 Å². The fraction of sp³-hybridized carbons (Fsp3) is 0.750. The summed E-state index contributed by atoms with van der Waals surface area (Å²) in [5.74, 6) is 0. The van der Waals surface area contributed by atoms with E-state index in [9.17, 15) is 0 Å². The van der Waals surface area contributed by atoms with Crippen LogP contribution in [0.15, 0.2) is 6.07 Å². The average Bonchev–Trinajstić information content (AvgIpc) is 2.94. The van der Waals surface area contributed by atoms with Gasteiger partial charge in [0.05, 0.1) is 6.10 Å². The van der Waals surface area contributed by atoms with E-state index in [0.717, 1.165) is 32.6 Å². The Morgan fingerprint density at radius 1 is 1.45 bits per heavy atom. The predicted molar refractivity (Wildman–Crippen MR) is 86.3 cm³/mol. The van der Waals surface area contributed by atoms with Gasteiger partial charge < -0.3 is 10.1 Å². The minimum Gasteiger partial charge on any atom is -0.380 e. The molecule has 3 nitrogen and oxygen atoms in total. The smallest absolute Gasteiger partial charge is 0.0710 e. The highest BCUT2D eigenvalue weighted by Gasteiger charge is 2.22. The fourth-order valence-corrected chi connectivity index (χ4v) is 3.55. The first-order chi connectivity index (χ1) is 9.37. The second kappa shape index (κ2) is 6.56. The standard InChI is InChI=1S/C16H28N2OS/c1-12-13(10-18-7-6-14(11-18)19-5)8-15(20-12)9-17-16(2,3)4/h8,14,17H,6-7,9-11H2,1-5H3. The maximum absolute atomic E-state index is 5.44. The van der Waals surface area contributed by atoms with Crippen LogP contribution in [0.25, 0.3) is 0 Å². The maximum Gasteiger partial charge on any atom is 0.0710 e. The third kappa shape index (κ3) is 4.55. The molecule has 1 aliphatic heterocycles. The number of nitrogens with one attached hydrogen (secondary N) is 1. The summed E-state index contributed by atoms with van der Waals surface area (Å²) in [6.45, 7) is 13.1. The minimum absolute atomic E-state index is 0.179. The third-order valence-electron chi connectivity index (χ3n) is 3.82. The van der Waals surface area contributed by atoms with E-state index >= 15 is 0 Å². The highest BCUT2D eigenvalue weighted by molar-refractivity contribution is 7.12. The molecule has 2 rings (SSSR count). The van der Waals surface area contributed by atoms with Crippen molar-refractivity contribution in [1.29, 1.82) is 0 Å². The zero-order valence-electron chi connectivity index (χ0n) is 13.5. The van der Waals surface area contributed by atoms with Crippen LogP contribution in [-0.4, -0.2) is 36.7 Å². The van der Waals surface area contributed by atoms with E-state index in [1.54, 1.807) is 0 Å². The third-order valence-corrected chi connectivity index (χ3v) is 4.91. The zero-order valence-corrected chi connectivity index (χ0v) is 14.3. The van der Waals surface area contributed by atoms with E-state index in [2.05, 4.69) is 44.0 Å². The number of rotatable bonds is 5. The van der Waals surface area contributed by atoms with Crippen LogP contribution in [0.4, 0.5) is 0 Å². The molecule has 1 unspecified atom stereocenters. The summed E-state index contributed by atoms with van der Waals surface area (Å²) in [6, 6.07) is 2.37. The van der Waals surface area contributed by atoms with Gasteiger partial charge in [0, 0.05) is 48.6 Å². The quantitative estimate of drug-likeness (QED) is 0.903. The van der Waals surface area contributed by atoms with Crippen molar-refractivity contribution < 1.29 is 4.74 Å². The molecule has 0 radical (unpaired) electrons. The number of thiophene rings is 1. The van der Waals surface area contributed by atoms with Crippen LogP contribution >= 0.6 is 11.3 Å². The number of aryl methyl sites for hydroxylation is 1. The molecular formula is C16H28N2OS. The minimum atomic E-state index is 0.179. The Hall–Kier alpha value is -0.420. The van der Waals surface area contributed by atoms with Gasteiger partial charge >= 0.3 is 0 Å². The van der Waals surface area contributed by atoms with Crippen molar-refractivity contribution in [3.05, 3.63) is 21.4 Å². The predicted octanol–water partition coefficient (Wildman–Crippen LogP) is 3.17. The van der Waals surface area contributed by atoms with Crippen LogP contribution in [0.5, 0.6) is 0 Å². The number of hydrogen-bond acceptors (Lipinski definition) is 4. The van der Waals surface area contributed by atoms with Gasteiger partial charge in [-0.3, -0.25) is 4.90 Å². The molecule has 0 aromatic carbocycles. The van der Waals surface area contributed by atoms with Gasteiger partial charge in [-0.05, 0) is 45.7 Å². The molecule has 1 fully saturated rings. The van der Waals surface area contributed by atoms with Gasteiger partial charge in [0.2, 0.25) is 0 Å². The second-order valence-corrected chi connectivity index (χ2v) is 8.12. The molecule has 1 atom stereocenters. The molecule has 1 aromatic rings. The summed E-state index contributed by atoms with van der Waals surface area (Å²) in [4.78, 5) is 5.40. The molecule has 0 aliphatic carbocycles. The van der Waals surface area contributed by atoms with Gasteiger partial charge in [0.1, 0.15) is 0 Å². The first kappa shape index (κ1) is 16.0. The lowest BCUT2D eigenvalue weighted by atomic mass is 10.1. The summed E-state index contributed by atoms with van der Waals surface area (Å²) in [7, 11) is 1.82. The lowest BCUT2D eigenvalue weighted by Crippen LogP contribution is -2.34. The normalized spacial score (nSPS) is 20.8. The molecule has 1 aromatic heterocycles. The molecule has 114 valence electrons. The van der Waals surface area contributed by atoms with Crippen LogP contribution in [-0.2, 0) is 17.8 Å². The molecule has 0 amide bonds. The maximum atomic E-state index is 5.44. The van der Waals surface area contributed by atoms with Crippen LogP contribution in [0.2, 0.25) is 0 Å². The van der Waals surface area contributed by atoms with E-state index in [1.165, 1.54) is 15.3 Å². The highest BCUT2D eigenvalue weighted by Crippen LogP contribution is 2.25. The Bertz CT molecular complexity index is 436. The topological polar surface area (TPSA) is 24.5 Å². The van der Waals surface area contributed by atoms with Crippen LogP contribution in [0.3, 0.4) is 0 Å². The van der Waals surface area contributed by atoms with Crippen LogP contribution < -0.4 is 5.32 Å². The van der Waals surface area contributed by atoms with E-state index in [0.29, 0.717) is 6.10 Å². The SMILES string of the molecule is COC1CCN(Cc2cc(CNC(C)(C)C)sc2C)C1. The van der Waals surface area contributed by atoms with Crippen LogP contribution in [0, 0.1) is 6.92 Å². The van der Waals surface area contributed by atoms with Gasteiger partial charge in [0.25, 0.3) is 0 Å². The number of methoxy groups -OCH3 is 1. The van der Waals surface area contributed by atoms with E-state index in [1.807, 2.05) is 18.4 Å². The van der Waals surface area contributed by atoms with Crippen molar-refractivity contribution >= 4 is 11.3 Å². The first-order valence-corrected chi connectivity index (χ1v) is 8.27. The Morgan fingerprint density at radius 3 is 2.80 bits per heavy atom. The summed E-state index contributed by atoms with van der Waals surface area (Å²) in [6.07, 6.45) is 1.59. The van der Waals surface area contributed by atoms with Crippen molar-refractivity contribution in [2.45, 2.75) is 58.8 Å².